The molecule has 6 heteroatoms. The first-order chi connectivity index (χ1) is 8.83. The maximum Gasteiger partial charge on any atom is 0.241 e. The molecule has 5 nitrogen and oxygen atoms in total. The Morgan fingerprint density at radius 1 is 1.53 bits per heavy atom. The molecule has 1 atom stereocenters. The van der Waals surface area contributed by atoms with Crippen molar-refractivity contribution in [3.05, 3.63) is 18.0 Å². The number of rotatable bonds is 6. The predicted molar refractivity (Wildman–Crippen MR) is 80.2 cm³/mol. The number of aryl methyl sites for hydroxylation is 1. The fourth-order valence-electron chi connectivity index (χ4n) is 1.67. The standard InChI is InChI=1S/C13H24N4OS/c1-13(2,3)19-7-6-15-12(18)11(14-4)10-8-16-17(5)9-10/h8-9,11,14H,6-7H2,1-5H3,(H,15,18). The summed E-state index contributed by atoms with van der Waals surface area (Å²) in [7, 11) is 3.62. The van der Waals surface area contributed by atoms with Gasteiger partial charge in [0.1, 0.15) is 6.04 Å². The highest BCUT2D eigenvalue weighted by Crippen LogP contribution is 2.22. The highest BCUT2D eigenvalue weighted by Gasteiger charge is 2.19. The molecule has 2 N–H and O–H groups in total. The Morgan fingerprint density at radius 2 is 2.21 bits per heavy atom. The van der Waals surface area contributed by atoms with Crippen molar-refractivity contribution < 1.29 is 4.79 Å². The SMILES string of the molecule is CNC(C(=O)NCCSC(C)(C)C)c1cnn(C)c1. The Bertz CT molecular complexity index is 411. The van der Waals surface area contributed by atoms with Crippen molar-refractivity contribution >= 4 is 17.7 Å². The largest absolute Gasteiger partial charge is 0.354 e. The zero-order valence-corrected chi connectivity index (χ0v) is 13.2. The maximum atomic E-state index is 12.1. The molecule has 1 aromatic heterocycles. The van der Waals surface area contributed by atoms with Crippen LogP contribution in [0.5, 0.6) is 0 Å². The first-order valence-electron chi connectivity index (χ1n) is 6.41. The van der Waals surface area contributed by atoms with E-state index in [1.54, 1.807) is 17.9 Å². The van der Waals surface area contributed by atoms with Gasteiger partial charge in [0.2, 0.25) is 5.91 Å². The first-order valence-corrected chi connectivity index (χ1v) is 7.39. The van der Waals surface area contributed by atoms with E-state index in [9.17, 15) is 4.79 Å². The molecule has 0 radical (unpaired) electrons. The monoisotopic (exact) mass is 284 g/mol. The molecule has 0 aromatic carbocycles. The summed E-state index contributed by atoms with van der Waals surface area (Å²) in [6.07, 6.45) is 3.56. The lowest BCUT2D eigenvalue weighted by Gasteiger charge is -2.18. The third kappa shape index (κ3) is 5.65. The van der Waals surface area contributed by atoms with Crippen LogP contribution in [0.25, 0.3) is 0 Å². The van der Waals surface area contributed by atoms with Gasteiger partial charge in [-0.2, -0.15) is 16.9 Å². The van der Waals surface area contributed by atoms with Crippen molar-refractivity contribution in [3.63, 3.8) is 0 Å². The first kappa shape index (κ1) is 16.0. The van der Waals surface area contributed by atoms with Crippen molar-refractivity contribution in [3.8, 4) is 0 Å². The molecule has 1 aromatic rings. The van der Waals surface area contributed by atoms with Gasteiger partial charge in [-0.3, -0.25) is 9.48 Å². The predicted octanol–water partition coefficient (Wildman–Crippen LogP) is 1.33. The van der Waals surface area contributed by atoms with E-state index < -0.39 is 0 Å². The molecule has 108 valence electrons. The average Bonchev–Trinajstić information content (AvgIpc) is 2.71. The van der Waals surface area contributed by atoms with Crippen LogP contribution in [0.15, 0.2) is 12.4 Å². The molecular formula is C13H24N4OS. The lowest BCUT2D eigenvalue weighted by Crippen LogP contribution is -2.37. The van der Waals surface area contributed by atoms with Crippen LogP contribution in [0.1, 0.15) is 32.4 Å². The lowest BCUT2D eigenvalue weighted by atomic mass is 10.1. The quantitative estimate of drug-likeness (QED) is 0.774. The Hall–Kier alpha value is -1.01. The Labute approximate surface area is 119 Å². The number of aromatic nitrogens is 2. The van der Waals surface area contributed by atoms with Crippen LogP contribution >= 0.6 is 11.8 Å². The van der Waals surface area contributed by atoms with Gasteiger partial charge < -0.3 is 10.6 Å². The number of likely N-dealkylation sites (N-methyl/N-ethyl adjacent to an activating group) is 1. The second-order valence-electron chi connectivity index (χ2n) is 5.42. The van der Waals surface area contributed by atoms with Gasteiger partial charge >= 0.3 is 0 Å². The molecule has 0 fully saturated rings. The van der Waals surface area contributed by atoms with Gasteiger partial charge in [0.25, 0.3) is 0 Å². The topological polar surface area (TPSA) is 59.0 Å². The molecule has 0 bridgehead atoms. The van der Waals surface area contributed by atoms with Crippen molar-refractivity contribution in [2.75, 3.05) is 19.3 Å². The minimum atomic E-state index is -0.340. The van der Waals surface area contributed by atoms with Gasteiger partial charge in [-0.25, -0.2) is 0 Å². The van der Waals surface area contributed by atoms with Crippen LogP contribution in [0.3, 0.4) is 0 Å². The highest BCUT2D eigenvalue weighted by atomic mass is 32.2. The number of amides is 1. The minimum absolute atomic E-state index is 0.00925. The van der Waals surface area contributed by atoms with Gasteiger partial charge in [0, 0.05) is 35.9 Å². The zero-order chi connectivity index (χ0) is 14.5. The Balaban J connectivity index is 2.43. The maximum absolute atomic E-state index is 12.1. The molecule has 1 amide bonds. The third-order valence-corrected chi connectivity index (χ3v) is 3.82. The summed E-state index contributed by atoms with van der Waals surface area (Å²) >= 11 is 1.84. The average molecular weight is 284 g/mol. The van der Waals surface area contributed by atoms with E-state index in [-0.39, 0.29) is 16.7 Å². The smallest absolute Gasteiger partial charge is 0.241 e. The van der Waals surface area contributed by atoms with E-state index >= 15 is 0 Å². The molecule has 1 rings (SSSR count). The normalized spacial score (nSPS) is 13.3. The van der Waals surface area contributed by atoms with Crippen LogP contribution < -0.4 is 10.6 Å². The number of hydrogen-bond donors (Lipinski definition) is 2. The second-order valence-corrected chi connectivity index (χ2v) is 7.34. The molecule has 0 aliphatic carbocycles. The summed E-state index contributed by atoms with van der Waals surface area (Å²) in [4.78, 5) is 12.1. The van der Waals surface area contributed by atoms with E-state index in [1.807, 2.05) is 25.0 Å². The van der Waals surface area contributed by atoms with Crippen LogP contribution in [-0.2, 0) is 11.8 Å². The summed E-state index contributed by atoms with van der Waals surface area (Å²) in [5.74, 6) is 0.906. The van der Waals surface area contributed by atoms with Gasteiger partial charge in [0.05, 0.1) is 6.20 Å². The van der Waals surface area contributed by atoms with Crippen LogP contribution in [0.2, 0.25) is 0 Å². The number of carbonyl (C=O) groups is 1. The molecule has 0 aliphatic rings. The Kier molecular flexibility index (Phi) is 5.87. The van der Waals surface area contributed by atoms with E-state index in [0.29, 0.717) is 6.54 Å². The van der Waals surface area contributed by atoms with Crippen molar-refractivity contribution in [1.82, 2.24) is 20.4 Å². The number of hydrogen-bond acceptors (Lipinski definition) is 4. The highest BCUT2D eigenvalue weighted by molar-refractivity contribution is 8.00. The lowest BCUT2D eigenvalue weighted by molar-refractivity contribution is -0.123. The van der Waals surface area contributed by atoms with Gasteiger partial charge in [-0.05, 0) is 7.05 Å². The van der Waals surface area contributed by atoms with Crippen LogP contribution in [-0.4, -0.2) is 39.8 Å². The van der Waals surface area contributed by atoms with Crippen molar-refractivity contribution in [2.45, 2.75) is 31.6 Å². The fourth-order valence-corrected chi connectivity index (χ4v) is 2.49. The summed E-state index contributed by atoms with van der Waals surface area (Å²) in [6.45, 7) is 7.20. The van der Waals surface area contributed by atoms with E-state index in [4.69, 9.17) is 0 Å². The van der Waals surface area contributed by atoms with E-state index in [2.05, 4.69) is 36.5 Å². The molecule has 0 spiro atoms. The summed E-state index contributed by atoms with van der Waals surface area (Å²) in [5, 5.41) is 10.1. The molecule has 0 saturated heterocycles. The van der Waals surface area contributed by atoms with E-state index in [0.717, 1.165) is 11.3 Å². The summed E-state index contributed by atoms with van der Waals surface area (Å²) < 4.78 is 1.93. The zero-order valence-electron chi connectivity index (χ0n) is 12.4. The van der Waals surface area contributed by atoms with Gasteiger partial charge in [0.15, 0.2) is 0 Å². The fraction of sp³-hybridized carbons (Fsp3) is 0.692. The molecule has 19 heavy (non-hydrogen) atoms. The van der Waals surface area contributed by atoms with Crippen LogP contribution in [0, 0.1) is 0 Å². The molecule has 0 aliphatic heterocycles. The summed E-state index contributed by atoms with van der Waals surface area (Å²) in [5.41, 5.74) is 0.881. The minimum Gasteiger partial charge on any atom is -0.354 e. The third-order valence-electron chi connectivity index (χ3n) is 2.55. The van der Waals surface area contributed by atoms with Gasteiger partial charge in [-0.1, -0.05) is 20.8 Å². The number of nitrogens with zero attached hydrogens (tertiary/aromatic N) is 2. The number of carbonyl (C=O) groups excluding carboxylic acids is 1. The van der Waals surface area contributed by atoms with E-state index in [1.165, 1.54) is 0 Å². The molecule has 1 heterocycles. The number of thioether (sulfide) groups is 1. The second kappa shape index (κ2) is 6.96. The van der Waals surface area contributed by atoms with Crippen LogP contribution in [0.4, 0.5) is 0 Å². The molecular weight excluding hydrogens is 260 g/mol. The summed E-state index contributed by atoms with van der Waals surface area (Å²) in [6, 6.07) is -0.340. The molecule has 1 unspecified atom stereocenters. The van der Waals surface area contributed by atoms with Crippen molar-refractivity contribution in [1.29, 1.82) is 0 Å². The molecule has 0 saturated carbocycles. The van der Waals surface area contributed by atoms with Gasteiger partial charge in [-0.15, -0.1) is 0 Å². The Morgan fingerprint density at radius 3 is 2.68 bits per heavy atom. The van der Waals surface area contributed by atoms with Crippen molar-refractivity contribution in [2.24, 2.45) is 7.05 Å². The number of nitrogens with one attached hydrogen (secondary N) is 2.